The van der Waals surface area contributed by atoms with Crippen LogP contribution < -0.4 is 5.32 Å². The number of carbonyl (C=O) groups excluding carboxylic acids is 1. The summed E-state index contributed by atoms with van der Waals surface area (Å²) in [6.45, 7) is 5.56. The van der Waals surface area contributed by atoms with Crippen molar-refractivity contribution >= 4 is 11.9 Å². The van der Waals surface area contributed by atoms with Gasteiger partial charge in [0.15, 0.2) is 0 Å². The number of hydrogen-bond donors (Lipinski definition) is 2. The predicted octanol–water partition coefficient (Wildman–Crippen LogP) is 2.28. The lowest BCUT2D eigenvalue weighted by atomic mass is 9.88. The molecule has 106 valence electrons. The van der Waals surface area contributed by atoms with Gasteiger partial charge in [0.2, 0.25) is 12.3 Å². The van der Waals surface area contributed by atoms with Gasteiger partial charge < -0.3 is 10.4 Å². The summed E-state index contributed by atoms with van der Waals surface area (Å²) in [6.07, 6.45) is -2.04. The Morgan fingerprint density at radius 3 is 2.06 bits per heavy atom. The highest BCUT2D eigenvalue weighted by atomic mass is 19.3. The van der Waals surface area contributed by atoms with Crippen LogP contribution in [0.2, 0.25) is 0 Å². The Balaban J connectivity index is 4.54. The fraction of sp³-hybridized carbons (Fsp3) is 0.833. The molecule has 1 amide bonds. The van der Waals surface area contributed by atoms with Crippen LogP contribution in [0.4, 0.5) is 8.78 Å². The van der Waals surface area contributed by atoms with Crippen molar-refractivity contribution in [3.8, 4) is 0 Å². The monoisotopic (exact) mass is 265 g/mol. The van der Waals surface area contributed by atoms with Crippen molar-refractivity contribution in [2.75, 3.05) is 0 Å². The lowest BCUT2D eigenvalue weighted by Gasteiger charge is -2.22. The van der Waals surface area contributed by atoms with Crippen LogP contribution in [0, 0.1) is 11.8 Å². The van der Waals surface area contributed by atoms with E-state index < -0.39 is 30.8 Å². The minimum absolute atomic E-state index is 0.131. The van der Waals surface area contributed by atoms with E-state index in [4.69, 9.17) is 5.11 Å². The second kappa shape index (κ2) is 8.00. The molecule has 2 unspecified atom stereocenters. The van der Waals surface area contributed by atoms with Gasteiger partial charge in [-0.2, -0.15) is 0 Å². The van der Waals surface area contributed by atoms with Crippen molar-refractivity contribution in [3.05, 3.63) is 0 Å². The van der Waals surface area contributed by atoms with Gasteiger partial charge in [0.25, 0.3) is 0 Å². The third kappa shape index (κ3) is 5.42. The van der Waals surface area contributed by atoms with Crippen molar-refractivity contribution < 1.29 is 23.5 Å². The van der Waals surface area contributed by atoms with Crippen molar-refractivity contribution in [2.45, 2.75) is 52.5 Å². The topological polar surface area (TPSA) is 66.4 Å². The molecule has 18 heavy (non-hydrogen) atoms. The largest absolute Gasteiger partial charge is 0.480 e. The van der Waals surface area contributed by atoms with Crippen molar-refractivity contribution in [3.63, 3.8) is 0 Å². The summed E-state index contributed by atoms with van der Waals surface area (Å²) in [5, 5.41) is 10.9. The summed E-state index contributed by atoms with van der Waals surface area (Å²) in [4.78, 5) is 22.5. The Morgan fingerprint density at radius 2 is 1.72 bits per heavy atom. The maximum atomic E-state index is 12.2. The highest BCUT2D eigenvalue weighted by Gasteiger charge is 2.28. The van der Waals surface area contributed by atoms with Crippen LogP contribution >= 0.6 is 0 Å². The third-order valence-corrected chi connectivity index (χ3v) is 3.20. The summed E-state index contributed by atoms with van der Waals surface area (Å²) in [5.41, 5.74) is 0. The highest BCUT2D eigenvalue weighted by Crippen LogP contribution is 2.19. The van der Waals surface area contributed by atoms with Crippen LogP contribution in [0.5, 0.6) is 0 Å². The standard InChI is InChI=1S/C12H21F2NO3/c1-4-8(5-2)7(3)11(16)15-9(12(17)18)6-10(13)14/h7-10H,4-6H2,1-3H3,(H,15,16)(H,17,18). The van der Waals surface area contributed by atoms with E-state index in [2.05, 4.69) is 5.32 Å². The van der Waals surface area contributed by atoms with Gasteiger partial charge in [-0.1, -0.05) is 33.6 Å². The summed E-state index contributed by atoms with van der Waals surface area (Å²) in [7, 11) is 0. The molecule has 0 saturated carbocycles. The van der Waals surface area contributed by atoms with Crippen LogP contribution in [0.15, 0.2) is 0 Å². The van der Waals surface area contributed by atoms with Gasteiger partial charge in [0, 0.05) is 12.3 Å². The average molecular weight is 265 g/mol. The lowest BCUT2D eigenvalue weighted by molar-refractivity contribution is -0.143. The molecule has 0 radical (unpaired) electrons. The molecule has 6 heteroatoms. The van der Waals surface area contributed by atoms with E-state index in [9.17, 15) is 18.4 Å². The molecule has 2 atom stereocenters. The molecular formula is C12H21F2NO3. The fourth-order valence-corrected chi connectivity index (χ4v) is 1.91. The second-order valence-electron chi connectivity index (χ2n) is 4.39. The van der Waals surface area contributed by atoms with Gasteiger partial charge in [0.1, 0.15) is 6.04 Å². The van der Waals surface area contributed by atoms with Crippen LogP contribution in [0.3, 0.4) is 0 Å². The Labute approximate surface area is 106 Å². The van der Waals surface area contributed by atoms with E-state index in [0.717, 1.165) is 12.8 Å². The van der Waals surface area contributed by atoms with E-state index >= 15 is 0 Å². The second-order valence-corrected chi connectivity index (χ2v) is 4.39. The van der Waals surface area contributed by atoms with Gasteiger partial charge in [-0.05, 0) is 5.92 Å². The normalized spacial score (nSPS) is 14.6. The molecule has 0 aromatic rings. The molecule has 0 fully saturated rings. The zero-order valence-corrected chi connectivity index (χ0v) is 11.0. The number of aliphatic carboxylic acids is 1. The molecule has 0 aliphatic carbocycles. The molecule has 4 nitrogen and oxygen atoms in total. The molecule has 2 N–H and O–H groups in total. The molecule has 0 spiro atoms. The number of amides is 1. The Morgan fingerprint density at radius 1 is 1.22 bits per heavy atom. The van der Waals surface area contributed by atoms with E-state index in [0.29, 0.717) is 0 Å². The van der Waals surface area contributed by atoms with Crippen LogP contribution in [-0.4, -0.2) is 29.5 Å². The molecule has 0 saturated heterocycles. The van der Waals surface area contributed by atoms with Crippen LogP contribution in [-0.2, 0) is 9.59 Å². The van der Waals surface area contributed by atoms with Crippen molar-refractivity contribution in [1.82, 2.24) is 5.32 Å². The molecular weight excluding hydrogens is 244 g/mol. The van der Waals surface area contributed by atoms with Gasteiger partial charge in [-0.15, -0.1) is 0 Å². The SMILES string of the molecule is CCC(CC)C(C)C(=O)NC(CC(F)F)C(=O)O. The zero-order valence-electron chi connectivity index (χ0n) is 11.0. The Kier molecular flexibility index (Phi) is 7.47. The van der Waals surface area contributed by atoms with Crippen molar-refractivity contribution in [1.29, 1.82) is 0 Å². The summed E-state index contributed by atoms with van der Waals surface area (Å²) < 4.78 is 24.3. The molecule has 0 aromatic carbocycles. The lowest BCUT2D eigenvalue weighted by Crippen LogP contribution is -2.45. The molecule has 0 heterocycles. The van der Waals surface area contributed by atoms with Gasteiger partial charge in [-0.3, -0.25) is 4.79 Å². The van der Waals surface area contributed by atoms with E-state index in [1.807, 2.05) is 13.8 Å². The van der Waals surface area contributed by atoms with Crippen molar-refractivity contribution in [2.24, 2.45) is 11.8 Å². The highest BCUT2D eigenvalue weighted by molar-refractivity contribution is 5.84. The maximum Gasteiger partial charge on any atom is 0.326 e. The predicted molar refractivity (Wildman–Crippen MR) is 63.4 cm³/mol. The molecule has 0 rings (SSSR count). The number of rotatable bonds is 8. The zero-order chi connectivity index (χ0) is 14.3. The van der Waals surface area contributed by atoms with Crippen LogP contribution in [0.25, 0.3) is 0 Å². The maximum absolute atomic E-state index is 12.2. The first-order valence-corrected chi connectivity index (χ1v) is 6.14. The molecule has 0 aliphatic rings. The van der Waals surface area contributed by atoms with Crippen LogP contribution in [0.1, 0.15) is 40.0 Å². The third-order valence-electron chi connectivity index (χ3n) is 3.20. The first kappa shape index (κ1) is 16.8. The van der Waals surface area contributed by atoms with E-state index in [1.54, 1.807) is 6.92 Å². The number of carbonyl (C=O) groups is 2. The number of nitrogens with one attached hydrogen (secondary N) is 1. The van der Waals surface area contributed by atoms with Gasteiger partial charge in [0.05, 0.1) is 0 Å². The number of carboxylic acids is 1. The fourth-order valence-electron chi connectivity index (χ4n) is 1.91. The molecule has 0 aromatic heterocycles. The number of hydrogen-bond acceptors (Lipinski definition) is 2. The number of carboxylic acid groups (broad SMARTS) is 1. The minimum atomic E-state index is -2.75. The molecule has 0 bridgehead atoms. The first-order valence-electron chi connectivity index (χ1n) is 6.14. The minimum Gasteiger partial charge on any atom is -0.480 e. The van der Waals surface area contributed by atoms with E-state index in [1.165, 1.54) is 0 Å². The summed E-state index contributed by atoms with van der Waals surface area (Å²) >= 11 is 0. The van der Waals surface area contributed by atoms with Gasteiger partial charge >= 0.3 is 5.97 Å². The summed E-state index contributed by atoms with van der Waals surface area (Å²) in [5.74, 6) is -2.15. The smallest absolute Gasteiger partial charge is 0.326 e. The number of halogens is 2. The quantitative estimate of drug-likeness (QED) is 0.707. The first-order chi connectivity index (χ1) is 8.33. The number of alkyl halides is 2. The summed E-state index contributed by atoms with van der Waals surface area (Å²) in [6, 6.07) is -1.52. The van der Waals surface area contributed by atoms with E-state index in [-0.39, 0.29) is 11.8 Å². The van der Waals surface area contributed by atoms with Gasteiger partial charge in [-0.25, -0.2) is 13.6 Å². The Hall–Kier alpha value is -1.20. The Bertz CT molecular complexity index is 280. The molecule has 0 aliphatic heterocycles. The average Bonchev–Trinajstić information content (AvgIpc) is 2.28.